The van der Waals surface area contributed by atoms with Crippen molar-refractivity contribution in [1.29, 1.82) is 0 Å². The summed E-state index contributed by atoms with van der Waals surface area (Å²) in [5, 5.41) is 16.6. The molecule has 9 nitrogen and oxygen atoms in total. The average Bonchev–Trinajstić information content (AvgIpc) is 2.87. The second-order valence-corrected chi connectivity index (χ2v) is 7.86. The van der Waals surface area contributed by atoms with Crippen LogP contribution in [-0.2, 0) is 0 Å². The summed E-state index contributed by atoms with van der Waals surface area (Å²) in [5.74, 6) is 2.38. The van der Waals surface area contributed by atoms with Crippen LogP contribution in [0.1, 0.15) is 56.4 Å². The molecule has 3 aromatic rings. The number of nitrogens with one attached hydrogen (secondary N) is 2. The summed E-state index contributed by atoms with van der Waals surface area (Å²) >= 11 is 0. The molecule has 0 unspecified atom stereocenters. The van der Waals surface area contributed by atoms with E-state index in [1.54, 1.807) is 19.4 Å². The minimum Gasteiger partial charge on any atom is -0.494 e. The van der Waals surface area contributed by atoms with Gasteiger partial charge in [-0.15, -0.1) is 10.2 Å². The topological polar surface area (TPSA) is 106 Å². The number of nitrogens with zero attached hydrogens (tertiary/aromatic N) is 5. The van der Waals surface area contributed by atoms with Crippen LogP contribution in [0.25, 0.3) is 0 Å². The van der Waals surface area contributed by atoms with Crippen molar-refractivity contribution in [2.24, 2.45) is 10.2 Å². The van der Waals surface area contributed by atoms with E-state index in [0.717, 1.165) is 48.3 Å². The maximum Gasteiger partial charge on any atom is 0.265 e. The third-order valence-corrected chi connectivity index (χ3v) is 4.87. The van der Waals surface area contributed by atoms with Crippen LogP contribution in [0.2, 0.25) is 0 Å². The predicted octanol–water partition coefficient (Wildman–Crippen LogP) is 5.43. The molecule has 1 heterocycles. The summed E-state index contributed by atoms with van der Waals surface area (Å²) in [4.78, 5) is 4.40. The molecule has 0 aliphatic rings. The molecule has 0 bridgehead atoms. The van der Waals surface area contributed by atoms with Crippen molar-refractivity contribution in [3.8, 4) is 11.5 Å². The highest BCUT2D eigenvalue weighted by atomic mass is 16.5. The molecule has 184 valence electrons. The van der Waals surface area contributed by atoms with E-state index in [-0.39, 0.29) is 5.95 Å². The first-order valence-corrected chi connectivity index (χ1v) is 11.9. The predicted molar refractivity (Wildman–Crippen MR) is 141 cm³/mol. The highest BCUT2D eigenvalue weighted by Crippen LogP contribution is 2.15. The number of rotatable bonds is 14. The van der Waals surface area contributed by atoms with E-state index < -0.39 is 0 Å². The first-order chi connectivity index (χ1) is 17.2. The molecule has 0 fully saturated rings. The molecular weight excluding hydrogens is 442 g/mol. The lowest BCUT2D eigenvalue weighted by Crippen LogP contribution is -2.05. The molecule has 0 radical (unpaired) electrons. The van der Waals surface area contributed by atoms with Gasteiger partial charge in [-0.1, -0.05) is 51.0 Å². The Labute approximate surface area is 206 Å². The van der Waals surface area contributed by atoms with Crippen LogP contribution in [-0.4, -0.2) is 40.8 Å². The second-order valence-electron chi connectivity index (χ2n) is 7.86. The number of hydrogen-bond acceptors (Lipinski definition) is 9. The molecule has 0 atom stereocenters. The van der Waals surface area contributed by atoms with Gasteiger partial charge in [-0.25, -0.2) is 5.43 Å². The van der Waals surface area contributed by atoms with E-state index >= 15 is 0 Å². The fourth-order valence-electron chi connectivity index (χ4n) is 2.90. The van der Waals surface area contributed by atoms with Crippen LogP contribution < -0.4 is 20.3 Å². The summed E-state index contributed by atoms with van der Waals surface area (Å²) in [6.07, 6.45) is 7.63. The van der Waals surface area contributed by atoms with Crippen molar-refractivity contribution in [2.75, 3.05) is 24.1 Å². The summed E-state index contributed by atoms with van der Waals surface area (Å²) in [5.41, 5.74) is 8.15. The van der Waals surface area contributed by atoms with Crippen LogP contribution >= 0.6 is 0 Å². The van der Waals surface area contributed by atoms with Gasteiger partial charge in [0.1, 0.15) is 17.2 Å². The van der Waals surface area contributed by atoms with Crippen molar-refractivity contribution < 1.29 is 9.47 Å². The van der Waals surface area contributed by atoms with Crippen molar-refractivity contribution >= 4 is 24.2 Å². The summed E-state index contributed by atoms with van der Waals surface area (Å²) in [7, 11) is 0. The third kappa shape index (κ3) is 9.04. The molecule has 0 aliphatic carbocycles. The van der Waals surface area contributed by atoms with Crippen molar-refractivity contribution in [2.45, 2.75) is 46.5 Å². The van der Waals surface area contributed by atoms with Crippen molar-refractivity contribution in [3.05, 3.63) is 65.4 Å². The Morgan fingerprint density at radius 3 is 1.94 bits per heavy atom. The van der Waals surface area contributed by atoms with Crippen LogP contribution in [0, 0.1) is 6.92 Å². The number of unbranched alkanes of at least 4 members (excludes halogenated alkanes) is 2. The Morgan fingerprint density at radius 1 is 0.800 bits per heavy atom. The van der Waals surface area contributed by atoms with E-state index in [2.05, 4.69) is 50.1 Å². The third-order valence-electron chi connectivity index (χ3n) is 4.87. The molecule has 0 amide bonds. The van der Waals surface area contributed by atoms with Gasteiger partial charge in [0.2, 0.25) is 0 Å². The molecular formula is C26H33N7O2. The number of aromatic nitrogens is 3. The normalized spacial score (nSPS) is 11.2. The lowest BCUT2D eigenvalue weighted by molar-refractivity contribution is 0.309. The minimum absolute atomic E-state index is 0.256. The van der Waals surface area contributed by atoms with Gasteiger partial charge in [0.25, 0.3) is 5.95 Å². The van der Waals surface area contributed by atoms with E-state index in [1.165, 1.54) is 0 Å². The van der Waals surface area contributed by atoms with Gasteiger partial charge in [-0.3, -0.25) is 5.43 Å². The molecule has 2 N–H and O–H groups in total. The lowest BCUT2D eigenvalue weighted by Gasteiger charge is -2.06. The first kappa shape index (κ1) is 25.6. The van der Waals surface area contributed by atoms with Gasteiger partial charge in [-0.05, 0) is 55.2 Å². The fourth-order valence-corrected chi connectivity index (χ4v) is 2.90. The number of aryl methyl sites for hydroxylation is 1. The maximum absolute atomic E-state index is 5.74. The zero-order valence-electron chi connectivity index (χ0n) is 20.6. The van der Waals surface area contributed by atoms with Crippen LogP contribution in [0.15, 0.2) is 58.7 Å². The highest BCUT2D eigenvalue weighted by Gasteiger charge is 2.04. The number of ether oxygens (including phenoxy) is 2. The molecule has 2 aromatic carbocycles. The van der Waals surface area contributed by atoms with Gasteiger partial charge in [0, 0.05) is 0 Å². The van der Waals surface area contributed by atoms with Gasteiger partial charge in [0.15, 0.2) is 5.82 Å². The van der Waals surface area contributed by atoms with Crippen molar-refractivity contribution in [3.63, 3.8) is 0 Å². The molecule has 3 rings (SSSR count). The Bertz CT molecular complexity index is 1120. The maximum atomic E-state index is 5.74. The van der Waals surface area contributed by atoms with Gasteiger partial charge < -0.3 is 9.47 Å². The number of anilines is 2. The first-order valence-electron chi connectivity index (χ1n) is 11.9. The monoisotopic (exact) mass is 475 g/mol. The highest BCUT2D eigenvalue weighted by molar-refractivity contribution is 5.81. The van der Waals surface area contributed by atoms with Gasteiger partial charge in [0.05, 0.1) is 25.6 Å². The average molecular weight is 476 g/mol. The molecule has 1 aromatic heterocycles. The largest absolute Gasteiger partial charge is 0.494 e. The van der Waals surface area contributed by atoms with Gasteiger partial charge >= 0.3 is 0 Å². The van der Waals surface area contributed by atoms with Gasteiger partial charge in [-0.2, -0.15) is 15.2 Å². The smallest absolute Gasteiger partial charge is 0.265 e. The van der Waals surface area contributed by atoms with E-state index in [0.29, 0.717) is 24.7 Å². The van der Waals surface area contributed by atoms with Crippen LogP contribution in [0.3, 0.4) is 0 Å². The van der Waals surface area contributed by atoms with E-state index in [4.69, 9.17) is 9.47 Å². The number of hydrogen-bond donors (Lipinski definition) is 2. The standard InChI is InChI=1S/C26H33N7O2/c1-4-6-14-34-23-12-8-10-21(16-23)18-27-31-25-20(3)30-33-26(29-25)32-28-19-22-11-9-13-24(17-22)35-15-7-5-2/h8-13,16-19H,4-7,14-15H2,1-3H3,(H2,29,31,32,33)/b27-18+,28-19+. The number of hydrazone groups is 2. The Balaban J connectivity index is 1.56. The molecule has 0 saturated carbocycles. The summed E-state index contributed by atoms with van der Waals surface area (Å²) in [6, 6.07) is 15.5. The molecule has 9 heteroatoms. The minimum atomic E-state index is 0.256. The SMILES string of the molecule is CCCCOc1cccc(/C=N/Nc2nnc(C)c(N/N=C/c3cccc(OCCCC)c3)n2)c1. The molecule has 0 saturated heterocycles. The number of benzene rings is 2. The summed E-state index contributed by atoms with van der Waals surface area (Å²) in [6.45, 7) is 7.49. The zero-order chi connectivity index (χ0) is 24.7. The van der Waals surface area contributed by atoms with E-state index in [9.17, 15) is 0 Å². The van der Waals surface area contributed by atoms with E-state index in [1.807, 2.05) is 48.5 Å². The molecule has 0 spiro atoms. The van der Waals surface area contributed by atoms with Crippen LogP contribution in [0.5, 0.6) is 11.5 Å². The lowest BCUT2D eigenvalue weighted by atomic mass is 10.2. The zero-order valence-corrected chi connectivity index (χ0v) is 20.6. The second kappa shape index (κ2) is 14.3. The fraction of sp³-hybridized carbons (Fsp3) is 0.346. The molecule has 0 aliphatic heterocycles. The summed E-state index contributed by atoms with van der Waals surface area (Å²) < 4.78 is 11.5. The molecule has 35 heavy (non-hydrogen) atoms. The van der Waals surface area contributed by atoms with Crippen molar-refractivity contribution in [1.82, 2.24) is 15.2 Å². The van der Waals surface area contributed by atoms with Crippen LogP contribution in [0.4, 0.5) is 11.8 Å². The Morgan fingerprint density at radius 2 is 1.37 bits per heavy atom. The quantitative estimate of drug-likeness (QED) is 0.182. The Hall–Kier alpha value is -4.01. The Kier molecular flexibility index (Phi) is 10.5.